The van der Waals surface area contributed by atoms with Crippen LogP contribution in [0.3, 0.4) is 0 Å². The molecule has 0 atom stereocenters. The molecular formula is C24H24N2O. The maximum absolute atomic E-state index is 12.1. The van der Waals surface area contributed by atoms with Crippen LogP contribution in [0.25, 0.3) is 6.08 Å². The summed E-state index contributed by atoms with van der Waals surface area (Å²) >= 11 is 0. The number of carbonyl (C=O) groups excluding carboxylic acids is 1. The molecule has 0 fully saturated rings. The molecule has 3 nitrogen and oxygen atoms in total. The number of rotatable bonds is 6. The fraction of sp³-hybridized carbons (Fsp3) is 0.125. The van der Waals surface area contributed by atoms with Crippen LogP contribution in [-0.4, -0.2) is 11.9 Å². The van der Waals surface area contributed by atoms with Crippen LogP contribution in [0.5, 0.6) is 0 Å². The van der Waals surface area contributed by atoms with Gasteiger partial charge in [-0.1, -0.05) is 48.5 Å². The summed E-state index contributed by atoms with van der Waals surface area (Å²) in [5.41, 5.74) is 4.01. The van der Waals surface area contributed by atoms with E-state index in [0.29, 0.717) is 6.04 Å². The number of para-hydroxylation sites is 1. The van der Waals surface area contributed by atoms with E-state index in [1.807, 2.05) is 72.8 Å². The van der Waals surface area contributed by atoms with Gasteiger partial charge in [0.15, 0.2) is 0 Å². The quantitative estimate of drug-likeness (QED) is 0.559. The normalized spacial score (nSPS) is 10.9. The summed E-state index contributed by atoms with van der Waals surface area (Å²) < 4.78 is 0. The third-order valence-electron chi connectivity index (χ3n) is 4.19. The average molecular weight is 356 g/mol. The van der Waals surface area contributed by atoms with Crippen molar-refractivity contribution < 1.29 is 4.79 Å². The first-order chi connectivity index (χ1) is 13.1. The fourth-order valence-electron chi connectivity index (χ4n) is 2.96. The van der Waals surface area contributed by atoms with E-state index in [1.54, 1.807) is 12.2 Å². The molecule has 0 aliphatic heterocycles. The van der Waals surface area contributed by atoms with Gasteiger partial charge in [-0.15, -0.1) is 0 Å². The van der Waals surface area contributed by atoms with Gasteiger partial charge in [-0.2, -0.15) is 0 Å². The predicted octanol–water partition coefficient (Wildman–Crippen LogP) is 5.89. The molecule has 0 heterocycles. The van der Waals surface area contributed by atoms with Crippen LogP contribution in [0, 0.1) is 0 Å². The summed E-state index contributed by atoms with van der Waals surface area (Å²) in [7, 11) is 0. The molecule has 0 spiro atoms. The molecule has 0 saturated carbocycles. The van der Waals surface area contributed by atoms with Gasteiger partial charge in [0.05, 0.1) is 0 Å². The molecule has 3 rings (SSSR count). The zero-order valence-electron chi connectivity index (χ0n) is 15.7. The van der Waals surface area contributed by atoms with Gasteiger partial charge < -0.3 is 10.2 Å². The monoisotopic (exact) mass is 356 g/mol. The Balaban J connectivity index is 1.69. The minimum absolute atomic E-state index is 0.143. The van der Waals surface area contributed by atoms with Crippen molar-refractivity contribution in [2.75, 3.05) is 10.2 Å². The third kappa shape index (κ3) is 5.08. The number of benzene rings is 3. The molecule has 0 aliphatic rings. The number of carbonyl (C=O) groups is 1. The number of anilines is 3. The van der Waals surface area contributed by atoms with Gasteiger partial charge in [-0.05, 0) is 61.9 Å². The summed E-state index contributed by atoms with van der Waals surface area (Å²) in [6.45, 7) is 4.33. The number of nitrogens with one attached hydrogen (secondary N) is 1. The number of hydrogen-bond donors (Lipinski definition) is 1. The SMILES string of the molecule is CC(C)N(c1ccccc1)c1ccc(NC(=O)C=Cc2ccccc2)cc1. The predicted molar refractivity (Wildman–Crippen MR) is 114 cm³/mol. The highest BCUT2D eigenvalue weighted by molar-refractivity contribution is 6.02. The molecule has 136 valence electrons. The van der Waals surface area contributed by atoms with E-state index < -0.39 is 0 Å². The lowest BCUT2D eigenvalue weighted by molar-refractivity contribution is -0.111. The second kappa shape index (κ2) is 8.86. The van der Waals surface area contributed by atoms with Crippen molar-refractivity contribution in [3.63, 3.8) is 0 Å². The van der Waals surface area contributed by atoms with Crippen molar-refractivity contribution in [1.82, 2.24) is 0 Å². The highest BCUT2D eigenvalue weighted by Gasteiger charge is 2.12. The van der Waals surface area contributed by atoms with Crippen molar-refractivity contribution in [2.24, 2.45) is 0 Å². The standard InChI is InChI=1S/C24H24N2O/c1-19(2)26(22-11-7-4-8-12-22)23-16-14-21(15-17-23)25-24(27)18-13-20-9-5-3-6-10-20/h3-19H,1-2H3,(H,25,27). The van der Waals surface area contributed by atoms with Gasteiger partial charge in [-0.25, -0.2) is 0 Å². The van der Waals surface area contributed by atoms with Gasteiger partial charge in [-0.3, -0.25) is 4.79 Å². The Labute approximate surface area is 161 Å². The first-order valence-corrected chi connectivity index (χ1v) is 9.12. The van der Waals surface area contributed by atoms with Gasteiger partial charge in [0.25, 0.3) is 0 Å². The number of nitrogens with zero attached hydrogens (tertiary/aromatic N) is 1. The lowest BCUT2D eigenvalue weighted by Gasteiger charge is -2.29. The van der Waals surface area contributed by atoms with E-state index in [4.69, 9.17) is 0 Å². The average Bonchev–Trinajstić information content (AvgIpc) is 2.69. The van der Waals surface area contributed by atoms with Crippen LogP contribution in [0.15, 0.2) is 91.0 Å². The van der Waals surface area contributed by atoms with Crippen molar-refractivity contribution in [3.05, 3.63) is 96.6 Å². The van der Waals surface area contributed by atoms with Gasteiger partial charge in [0, 0.05) is 29.2 Å². The fourth-order valence-corrected chi connectivity index (χ4v) is 2.96. The van der Waals surface area contributed by atoms with E-state index in [-0.39, 0.29) is 5.91 Å². The van der Waals surface area contributed by atoms with Crippen molar-refractivity contribution in [1.29, 1.82) is 0 Å². The zero-order valence-corrected chi connectivity index (χ0v) is 15.7. The molecule has 27 heavy (non-hydrogen) atoms. The van der Waals surface area contributed by atoms with Crippen LogP contribution < -0.4 is 10.2 Å². The first kappa shape index (κ1) is 18.5. The van der Waals surface area contributed by atoms with Crippen LogP contribution in [0.2, 0.25) is 0 Å². The van der Waals surface area contributed by atoms with Crippen molar-refractivity contribution in [2.45, 2.75) is 19.9 Å². The summed E-state index contributed by atoms with van der Waals surface area (Å²) in [6, 6.07) is 28.3. The second-order valence-corrected chi connectivity index (χ2v) is 6.58. The minimum atomic E-state index is -0.143. The molecule has 3 aromatic carbocycles. The Morgan fingerprint density at radius 3 is 1.96 bits per heavy atom. The zero-order chi connectivity index (χ0) is 19.1. The second-order valence-electron chi connectivity index (χ2n) is 6.58. The molecule has 0 unspecified atom stereocenters. The topological polar surface area (TPSA) is 32.3 Å². The van der Waals surface area contributed by atoms with Gasteiger partial charge in [0.1, 0.15) is 0 Å². The maximum atomic E-state index is 12.1. The number of hydrogen-bond acceptors (Lipinski definition) is 2. The number of amides is 1. The first-order valence-electron chi connectivity index (χ1n) is 9.12. The maximum Gasteiger partial charge on any atom is 0.248 e. The van der Waals surface area contributed by atoms with E-state index in [0.717, 1.165) is 22.6 Å². The minimum Gasteiger partial charge on any atom is -0.339 e. The molecule has 1 N–H and O–H groups in total. The Morgan fingerprint density at radius 2 is 1.37 bits per heavy atom. The molecule has 1 amide bonds. The van der Waals surface area contributed by atoms with Crippen LogP contribution in [0.4, 0.5) is 17.1 Å². The lowest BCUT2D eigenvalue weighted by Crippen LogP contribution is -2.25. The smallest absolute Gasteiger partial charge is 0.248 e. The molecule has 0 aliphatic carbocycles. The van der Waals surface area contributed by atoms with E-state index in [1.165, 1.54) is 0 Å². The molecule has 0 radical (unpaired) electrons. The largest absolute Gasteiger partial charge is 0.339 e. The molecule has 0 bridgehead atoms. The molecule has 0 saturated heterocycles. The van der Waals surface area contributed by atoms with Crippen molar-refractivity contribution >= 4 is 29.0 Å². The van der Waals surface area contributed by atoms with Crippen LogP contribution in [-0.2, 0) is 4.79 Å². The van der Waals surface area contributed by atoms with Gasteiger partial charge in [0.2, 0.25) is 5.91 Å². The van der Waals surface area contributed by atoms with Crippen LogP contribution in [0.1, 0.15) is 19.4 Å². The summed E-state index contributed by atoms with van der Waals surface area (Å²) in [5.74, 6) is -0.143. The molecule has 3 aromatic rings. The highest BCUT2D eigenvalue weighted by Crippen LogP contribution is 2.28. The Bertz CT molecular complexity index is 885. The lowest BCUT2D eigenvalue weighted by atomic mass is 10.1. The Hall–Kier alpha value is -3.33. The molecular weight excluding hydrogens is 332 g/mol. The molecule has 3 heteroatoms. The third-order valence-corrected chi connectivity index (χ3v) is 4.19. The van der Waals surface area contributed by atoms with E-state index >= 15 is 0 Å². The Morgan fingerprint density at radius 1 is 0.815 bits per heavy atom. The van der Waals surface area contributed by atoms with Gasteiger partial charge >= 0.3 is 0 Å². The highest BCUT2D eigenvalue weighted by atomic mass is 16.1. The van der Waals surface area contributed by atoms with Crippen LogP contribution >= 0.6 is 0 Å². The van der Waals surface area contributed by atoms with E-state index in [2.05, 4.69) is 36.2 Å². The summed E-state index contributed by atoms with van der Waals surface area (Å²) in [6.07, 6.45) is 3.35. The summed E-state index contributed by atoms with van der Waals surface area (Å²) in [4.78, 5) is 14.4. The Kier molecular flexibility index (Phi) is 6.06. The molecule has 0 aromatic heterocycles. The van der Waals surface area contributed by atoms with Crippen molar-refractivity contribution in [3.8, 4) is 0 Å². The van der Waals surface area contributed by atoms with E-state index in [9.17, 15) is 4.79 Å². The summed E-state index contributed by atoms with van der Waals surface area (Å²) in [5, 5.41) is 2.90.